The van der Waals surface area contributed by atoms with Crippen molar-refractivity contribution in [3.8, 4) is 33.6 Å². The van der Waals surface area contributed by atoms with E-state index >= 15 is 0 Å². The maximum absolute atomic E-state index is 2.54. The van der Waals surface area contributed by atoms with E-state index in [0.717, 1.165) is 5.69 Å². The predicted molar refractivity (Wildman–Crippen MR) is 285 cm³/mol. The minimum atomic E-state index is 1.16. The van der Waals surface area contributed by atoms with Crippen molar-refractivity contribution in [1.29, 1.82) is 0 Å². The molecule has 12 heteroatoms. The molecule has 2 heterocycles. The quantitative estimate of drug-likeness (QED) is 0.161. The van der Waals surface area contributed by atoms with Crippen molar-refractivity contribution in [2.24, 2.45) is 0 Å². The summed E-state index contributed by atoms with van der Waals surface area (Å²) < 4.78 is 5.01. The predicted octanol–water partition coefficient (Wildman–Crippen LogP) is -5.05. The van der Waals surface area contributed by atoms with E-state index in [1.54, 1.807) is 0 Å². The van der Waals surface area contributed by atoms with Crippen molar-refractivity contribution in [2.75, 3.05) is 0 Å². The average molecular weight is 729 g/mol. The molecule has 264 valence electrons. The summed E-state index contributed by atoms with van der Waals surface area (Å²) in [6.45, 7) is 0. The van der Waals surface area contributed by atoms with Crippen LogP contribution in [-0.2, 0) is 0 Å². The van der Waals surface area contributed by atoms with Gasteiger partial charge in [-0.3, -0.25) is 0 Å². The summed E-state index contributed by atoms with van der Waals surface area (Å²) in [6, 6.07) is 45.6. The molecule has 0 unspecified atom stereocenters. The van der Waals surface area contributed by atoms with Gasteiger partial charge in [-0.1, -0.05) is 88.6 Å². The molecule has 0 aliphatic rings. The molecule has 0 fully saturated rings. The molecule has 0 aliphatic carbocycles. The number of fused-ring (bicyclic) bond motifs is 8. The highest BCUT2D eigenvalue weighted by Gasteiger charge is 2.23. The summed E-state index contributed by atoms with van der Waals surface area (Å²) in [5.41, 5.74) is 26.1. The van der Waals surface area contributed by atoms with Gasteiger partial charge in [0.15, 0.2) is 0 Å². The van der Waals surface area contributed by atoms with E-state index in [-0.39, 0.29) is 0 Å². The molecule has 8 aromatic carbocycles. The fourth-order valence-electron chi connectivity index (χ4n) is 10.3. The Morgan fingerprint density at radius 2 is 0.776 bits per heavy atom. The van der Waals surface area contributed by atoms with Gasteiger partial charge in [0.05, 0.1) is 22.1 Å². The van der Waals surface area contributed by atoms with E-state index in [2.05, 4.69) is 209 Å². The van der Waals surface area contributed by atoms with Crippen LogP contribution in [0.25, 0.3) is 88.0 Å². The summed E-state index contributed by atoms with van der Waals surface area (Å²) in [7, 11) is 23.0. The molecule has 0 bridgehead atoms. The summed E-state index contributed by atoms with van der Waals surface area (Å²) >= 11 is 0. The van der Waals surface area contributed by atoms with Crippen LogP contribution >= 0.6 is 0 Å². The molecule has 0 radical (unpaired) electrons. The number of benzene rings is 8. The molecular formula is C46H40B10N2. The third-order valence-electron chi connectivity index (χ3n) is 14.2. The Bertz CT molecular complexity index is 3260. The first-order chi connectivity index (χ1) is 28.0. The van der Waals surface area contributed by atoms with E-state index in [0.29, 0.717) is 0 Å². The number of hydrogen-bond acceptors (Lipinski definition) is 0. The molecule has 10 rings (SSSR count). The Morgan fingerprint density at radius 3 is 1.38 bits per heavy atom. The summed E-state index contributed by atoms with van der Waals surface area (Å²) in [5.74, 6) is 0. The van der Waals surface area contributed by atoms with Crippen LogP contribution in [0, 0.1) is 0 Å². The van der Waals surface area contributed by atoms with Crippen LogP contribution in [0.5, 0.6) is 0 Å². The molecule has 0 amide bonds. The van der Waals surface area contributed by atoms with Gasteiger partial charge < -0.3 is 9.13 Å². The van der Waals surface area contributed by atoms with Gasteiger partial charge >= 0.3 is 0 Å². The van der Waals surface area contributed by atoms with Crippen molar-refractivity contribution in [1.82, 2.24) is 9.13 Å². The molecule has 0 saturated carbocycles. The molecular weight excluding hydrogens is 689 g/mol. The van der Waals surface area contributed by atoms with Crippen molar-refractivity contribution >= 4 is 187 Å². The molecule has 0 atom stereocenters. The van der Waals surface area contributed by atoms with Crippen LogP contribution in [0.1, 0.15) is 0 Å². The highest BCUT2D eigenvalue weighted by atomic mass is 15.0. The molecule has 2 aromatic heterocycles. The van der Waals surface area contributed by atoms with E-state index in [4.69, 9.17) is 0 Å². The SMILES string of the molecule is Bc1c(B)c(B)c(-c2cc(-c3c(B)c(B)c(B)c(B)c3B)cc(-n3c4ccccc4c4cc5c6c7ccccc7ccc6n(-c6ccccc6)c5cc43)c2)c(B)c1B. The summed E-state index contributed by atoms with van der Waals surface area (Å²) in [4.78, 5) is 0. The molecule has 10 aromatic rings. The van der Waals surface area contributed by atoms with Crippen LogP contribution in [0.2, 0.25) is 0 Å². The van der Waals surface area contributed by atoms with Crippen LogP contribution in [0.15, 0.2) is 121 Å². The zero-order valence-corrected chi connectivity index (χ0v) is 35.4. The third kappa shape index (κ3) is 5.19. The fraction of sp³-hybridized carbons (Fsp3) is 0. The topological polar surface area (TPSA) is 9.86 Å². The third-order valence-corrected chi connectivity index (χ3v) is 14.2. The van der Waals surface area contributed by atoms with Gasteiger partial charge in [-0.2, -0.15) is 0 Å². The smallest absolute Gasteiger partial charge is 0.139 e. The van der Waals surface area contributed by atoms with Crippen molar-refractivity contribution < 1.29 is 0 Å². The number of para-hydroxylation sites is 2. The van der Waals surface area contributed by atoms with Gasteiger partial charge in [0.25, 0.3) is 0 Å². The lowest BCUT2D eigenvalue weighted by atomic mass is 9.59. The second-order valence-corrected chi connectivity index (χ2v) is 16.9. The average Bonchev–Trinajstić information content (AvgIpc) is 3.75. The molecule has 0 spiro atoms. The first-order valence-electron chi connectivity index (χ1n) is 20.7. The van der Waals surface area contributed by atoms with Crippen molar-refractivity contribution in [3.63, 3.8) is 0 Å². The summed E-state index contributed by atoms with van der Waals surface area (Å²) in [6.07, 6.45) is 0. The Labute approximate surface area is 349 Å². The van der Waals surface area contributed by atoms with Gasteiger partial charge in [-0.15, -0.1) is 32.8 Å². The van der Waals surface area contributed by atoms with E-state index in [1.165, 1.54) is 137 Å². The highest BCUT2D eigenvalue weighted by molar-refractivity contribution is 6.70. The standard InChI is InChI=1S/C46H40B10N2/c47-37-34(38(48)42(52)45(55)41(37)51)22-16-23(35-39(49)43(53)46(56)44(54)40(35)50)18-25(17-22)58-30-13-7-6-12-27(30)28-19-29-33(20-32(28)58)57(24-9-2-1-3-10-24)31-15-14-21-8-4-5-11-26(21)36(29)31/h1-20H,47-56H2. The van der Waals surface area contributed by atoms with Gasteiger partial charge in [-0.25, -0.2) is 0 Å². The number of nitrogens with zero attached hydrogens (tertiary/aromatic N) is 2. The van der Waals surface area contributed by atoms with Crippen molar-refractivity contribution in [3.05, 3.63) is 121 Å². The number of aromatic nitrogens is 2. The first kappa shape index (κ1) is 36.6. The lowest BCUT2D eigenvalue weighted by Crippen LogP contribution is -2.55. The molecule has 0 aliphatic heterocycles. The Kier molecular flexibility index (Phi) is 8.47. The van der Waals surface area contributed by atoms with E-state index < -0.39 is 0 Å². The maximum Gasteiger partial charge on any atom is 0.139 e. The zero-order valence-electron chi connectivity index (χ0n) is 35.4. The van der Waals surface area contributed by atoms with Crippen LogP contribution < -0.4 is 54.6 Å². The van der Waals surface area contributed by atoms with Gasteiger partial charge in [0.1, 0.15) is 78.5 Å². The second kappa shape index (κ2) is 13.4. The molecule has 2 nitrogen and oxygen atoms in total. The lowest BCUT2D eigenvalue weighted by Gasteiger charge is -2.24. The van der Waals surface area contributed by atoms with Crippen LogP contribution in [0.3, 0.4) is 0 Å². The molecule has 58 heavy (non-hydrogen) atoms. The highest BCUT2D eigenvalue weighted by Crippen LogP contribution is 2.42. The van der Waals surface area contributed by atoms with Crippen LogP contribution in [0.4, 0.5) is 0 Å². The monoisotopic (exact) mass is 730 g/mol. The maximum atomic E-state index is 2.54. The number of hydrogen-bond donors (Lipinski definition) is 0. The van der Waals surface area contributed by atoms with Gasteiger partial charge in [-0.05, 0) is 87.6 Å². The zero-order chi connectivity index (χ0) is 40.3. The van der Waals surface area contributed by atoms with E-state index in [1.807, 2.05) is 0 Å². The van der Waals surface area contributed by atoms with E-state index in [9.17, 15) is 0 Å². The minimum Gasteiger partial charge on any atom is -0.309 e. The Hall–Kier alpha value is -5.73. The van der Waals surface area contributed by atoms with Crippen molar-refractivity contribution in [2.45, 2.75) is 0 Å². The minimum absolute atomic E-state index is 1.16. The van der Waals surface area contributed by atoms with Crippen LogP contribution in [-0.4, -0.2) is 87.6 Å². The summed E-state index contributed by atoms with van der Waals surface area (Å²) in [5, 5.41) is 7.63. The Morgan fingerprint density at radius 1 is 0.293 bits per heavy atom. The van der Waals surface area contributed by atoms with Gasteiger partial charge in [0, 0.05) is 32.9 Å². The second-order valence-electron chi connectivity index (χ2n) is 16.9. The molecule has 0 N–H and O–H groups in total. The Balaban J connectivity index is 1.38. The van der Waals surface area contributed by atoms with Gasteiger partial charge in [0.2, 0.25) is 0 Å². The number of rotatable bonds is 4. The largest absolute Gasteiger partial charge is 0.309 e. The fourth-order valence-corrected chi connectivity index (χ4v) is 10.3. The lowest BCUT2D eigenvalue weighted by molar-refractivity contribution is 1.17. The normalized spacial score (nSPS) is 11.8. The first-order valence-corrected chi connectivity index (χ1v) is 20.7. The molecule has 0 saturated heterocycles.